The number of carbonyl (C=O) groups is 1. The van der Waals surface area contributed by atoms with Crippen LogP contribution in [0.4, 0.5) is 0 Å². The lowest BCUT2D eigenvalue weighted by molar-refractivity contribution is -0.959. The van der Waals surface area contributed by atoms with Crippen molar-refractivity contribution in [1.82, 2.24) is 5.32 Å². The zero-order valence-corrected chi connectivity index (χ0v) is 16.3. The molecule has 0 fully saturated rings. The molecule has 4 heteroatoms. The largest absolute Gasteiger partial charge is 0.307 e. The molecule has 0 aromatic heterocycles. The Morgan fingerprint density at radius 3 is 2.62 bits per heavy atom. The summed E-state index contributed by atoms with van der Waals surface area (Å²) in [7, 11) is 0. The number of carbonyl (C=O) groups excluding carboxylic acids is 1. The number of rotatable bonds is 12. The molecule has 0 aromatic rings. The van der Waals surface area contributed by atoms with Crippen molar-refractivity contribution in [2.45, 2.75) is 91.4 Å². The van der Waals surface area contributed by atoms with Crippen LogP contribution in [0.2, 0.25) is 0 Å². The normalized spacial score (nSPS) is 24.6. The molecule has 1 amide bonds. The molecule has 0 saturated heterocycles. The number of allylic oxidation sites excluding steroid dienone is 2. The van der Waals surface area contributed by atoms with Gasteiger partial charge >= 0.3 is 0 Å². The third-order valence-corrected chi connectivity index (χ3v) is 5.27. The van der Waals surface area contributed by atoms with Crippen LogP contribution in [0.25, 0.3) is 0 Å². The summed E-state index contributed by atoms with van der Waals surface area (Å²) in [5.41, 5.74) is 0. The van der Waals surface area contributed by atoms with Gasteiger partial charge in [-0.05, 0) is 32.6 Å². The molecule has 1 heterocycles. The highest BCUT2D eigenvalue weighted by atomic mass is 16.1. The Hall–Kier alpha value is -1.16. The highest BCUT2D eigenvalue weighted by Gasteiger charge is 2.42. The van der Waals surface area contributed by atoms with Crippen LogP contribution in [-0.4, -0.2) is 42.0 Å². The van der Waals surface area contributed by atoms with E-state index in [9.17, 15) is 4.79 Å². The number of hydrogen-bond donors (Lipinski definition) is 1. The Bertz CT molecular complexity index is 419. The summed E-state index contributed by atoms with van der Waals surface area (Å²) in [6.45, 7) is 10.1. The van der Waals surface area contributed by atoms with E-state index in [0.717, 1.165) is 24.0 Å². The minimum atomic E-state index is 0.0511. The van der Waals surface area contributed by atoms with Crippen LogP contribution in [0.1, 0.15) is 79.1 Å². The molecule has 0 spiro atoms. The zero-order chi connectivity index (χ0) is 17.8. The predicted octanol–water partition coefficient (Wildman–Crippen LogP) is 4.41. The first-order valence-electron chi connectivity index (χ1n) is 9.87. The molecule has 138 valence electrons. The Morgan fingerprint density at radius 2 is 1.96 bits per heavy atom. The summed E-state index contributed by atoms with van der Waals surface area (Å²) in [5.74, 6) is 0.0511. The maximum Gasteiger partial charge on any atom is 0.221 e. The van der Waals surface area contributed by atoms with Crippen molar-refractivity contribution < 1.29 is 9.28 Å². The Labute approximate surface area is 149 Å². The lowest BCUT2D eigenvalue weighted by Gasteiger charge is -2.42. The van der Waals surface area contributed by atoms with E-state index >= 15 is 0 Å². The van der Waals surface area contributed by atoms with Gasteiger partial charge in [-0.15, -0.1) is 0 Å². The molecular weight excluding hydrogens is 298 g/mol. The van der Waals surface area contributed by atoms with Gasteiger partial charge in [-0.3, -0.25) is 9.28 Å². The van der Waals surface area contributed by atoms with Gasteiger partial charge in [0.15, 0.2) is 12.3 Å². The molecule has 1 aliphatic heterocycles. The second-order valence-electron chi connectivity index (χ2n) is 7.04. The first-order chi connectivity index (χ1) is 11.6. The third-order valence-electron chi connectivity index (χ3n) is 5.27. The molecule has 1 N–H and O–H groups in total. The maximum atomic E-state index is 11.4. The highest BCUT2D eigenvalue weighted by molar-refractivity contribution is 5.73. The minimum absolute atomic E-state index is 0.0511. The van der Waals surface area contributed by atoms with Crippen molar-refractivity contribution in [2.75, 3.05) is 13.1 Å². The van der Waals surface area contributed by atoms with Crippen LogP contribution >= 0.6 is 0 Å². The summed E-state index contributed by atoms with van der Waals surface area (Å²) < 4.78 is 0.874. The number of aliphatic imine (C=N–C) groups is 1. The third kappa shape index (κ3) is 6.39. The second kappa shape index (κ2) is 11.4. The molecule has 3 atom stereocenters. The molecular formula is C20H38N3O+. The van der Waals surface area contributed by atoms with E-state index in [4.69, 9.17) is 4.99 Å². The number of nitrogens with one attached hydrogen (secondary N) is 1. The lowest BCUT2D eigenvalue weighted by Crippen LogP contribution is -2.63. The molecule has 0 aliphatic carbocycles. The van der Waals surface area contributed by atoms with Crippen molar-refractivity contribution in [3.8, 4) is 0 Å². The summed E-state index contributed by atoms with van der Waals surface area (Å²) in [6.07, 6.45) is 17.0. The standard InChI is InChI=1S/C20H37N3O/c1-5-7-8-9-10-11-12-13-14-15-20-21-16-17-23(20,6-2)18(3)22-19(4)24/h8-9,16,18,20H,5-7,10-15,17H2,1-4H3/p+1/b9-8+. The van der Waals surface area contributed by atoms with E-state index < -0.39 is 0 Å². The van der Waals surface area contributed by atoms with Crippen LogP contribution in [0.5, 0.6) is 0 Å². The summed E-state index contributed by atoms with van der Waals surface area (Å²) in [4.78, 5) is 16.2. The van der Waals surface area contributed by atoms with Crippen LogP contribution in [0.15, 0.2) is 17.1 Å². The van der Waals surface area contributed by atoms with Gasteiger partial charge in [0.1, 0.15) is 6.54 Å². The van der Waals surface area contributed by atoms with Gasteiger partial charge in [0.2, 0.25) is 5.91 Å². The monoisotopic (exact) mass is 336 g/mol. The van der Waals surface area contributed by atoms with Crippen LogP contribution in [0, 0.1) is 0 Å². The Balaban J connectivity index is 2.32. The van der Waals surface area contributed by atoms with Gasteiger partial charge in [-0.1, -0.05) is 38.3 Å². The molecule has 3 unspecified atom stereocenters. The molecule has 0 bridgehead atoms. The molecule has 0 radical (unpaired) electrons. The fourth-order valence-electron chi connectivity index (χ4n) is 3.70. The topological polar surface area (TPSA) is 41.5 Å². The lowest BCUT2D eigenvalue weighted by atomic mass is 10.1. The Kier molecular flexibility index (Phi) is 9.92. The van der Waals surface area contributed by atoms with Gasteiger partial charge in [-0.2, -0.15) is 0 Å². The van der Waals surface area contributed by atoms with E-state index in [1.165, 1.54) is 44.9 Å². The average molecular weight is 337 g/mol. The van der Waals surface area contributed by atoms with Crippen molar-refractivity contribution in [1.29, 1.82) is 0 Å². The summed E-state index contributed by atoms with van der Waals surface area (Å²) >= 11 is 0. The van der Waals surface area contributed by atoms with E-state index in [0.29, 0.717) is 6.17 Å². The van der Waals surface area contributed by atoms with Crippen LogP contribution in [0.3, 0.4) is 0 Å². The highest BCUT2D eigenvalue weighted by Crippen LogP contribution is 2.27. The summed E-state index contributed by atoms with van der Waals surface area (Å²) in [6, 6.07) is 0. The number of amides is 1. The van der Waals surface area contributed by atoms with Crippen molar-refractivity contribution in [3.63, 3.8) is 0 Å². The van der Waals surface area contributed by atoms with Gasteiger partial charge in [0, 0.05) is 20.3 Å². The molecule has 0 aromatic carbocycles. The maximum absolute atomic E-state index is 11.4. The van der Waals surface area contributed by atoms with E-state index in [1.807, 2.05) is 0 Å². The molecule has 4 nitrogen and oxygen atoms in total. The number of hydrogen-bond acceptors (Lipinski definition) is 2. The fourth-order valence-corrected chi connectivity index (χ4v) is 3.70. The van der Waals surface area contributed by atoms with E-state index in [1.54, 1.807) is 6.92 Å². The van der Waals surface area contributed by atoms with Crippen molar-refractivity contribution in [2.24, 2.45) is 4.99 Å². The van der Waals surface area contributed by atoms with Gasteiger partial charge in [-0.25, -0.2) is 4.99 Å². The Morgan fingerprint density at radius 1 is 1.25 bits per heavy atom. The summed E-state index contributed by atoms with van der Waals surface area (Å²) in [5, 5.41) is 3.09. The second-order valence-corrected chi connectivity index (χ2v) is 7.04. The van der Waals surface area contributed by atoms with Crippen LogP contribution in [-0.2, 0) is 4.79 Å². The molecule has 1 aliphatic rings. The van der Waals surface area contributed by atoms with Gasteiger partial charge in [0.25, 0.3) is 0 Å². The van der Waals surface area contributed by atoms with E-state index in [-0.39, 0.29) is 12.1 Å². The molecule has 1 rings (SSSR count). The van der Waals surface area contributed by atoms with Gasteiger partial charge < -0.3 is 5.32 Å². The number of unbranched alkanes of at least 4 members (excludes halogenated alkanes) is 5. The first-order valence-corrected chi connectivity index (χ1v) is 9.87. The predicted molar refractivity (Wildman–Crippen MR) is 103 cm³/mol. The quantitative estimate of drug-likeness (QED) is 0.320. The van der Waals surface area contributed by atoms with E-state index in [2.05, 4.69) is 44.5 Å². The minimum Gasteiger partial charge on any atom is -0.307 e. The van der Waals surface area contributed by atoms with Crippen molar-refractivity contribution in [3.05, 3.63) is 12.2 Å². The average Bonchev–Trinajstić information content (AvgIpc) is 2.97. The fraction of sp³-hybridized carbons (Fsp3) is 0.800. The first kappa shape index (κ1) is 20.9. The smallest absolute Gasteiger partial charge is 0.221 e. The number of quaternary nitrogens is 1. The SMILES string of the molecule is CCC/C=C/CCCCCCC1N=CC[N+]1(CC)C(C)NC(C)=O. The molecule has 24 heavy (non-hydrogen) atoms. The molecule has 0 saturated carbocycles. The van der Waals surface area contributed by atoms with Crippen LogP contribution < -0.4 is 5.32 Å². The van der Waals surface area contributed by atoms with Crippen molar-refractivity contribution >= 4 is 12.1 Å². The zero-order valence-electron chi connectivity index (χ0n) is 16.3. The number of nitrogens with zero attached hydrogens (tertiary/aromatic N) is 2. The van der Waals surface area contributed by atoms with Gasteiger partial charge in [0.05, 0.1) is 12.8 Å².